The first kappa shape index (κ1) is 17.7. The predicted molar refractivity (Wildman–Crippen MR) is 86.2 cm³/mol. The summed E-state index contributed by atoms with van der Waals surface area (Å²) >= 11 is 0. The van der Waals surface area contributed by atoms with Crippen LogP contribution in [0.3, 0.4) is 0 Å². The highest BCUT2D eigenvalue weighted by Crippen LogP contribution is 2.32. The van der Waals surface area contributed by atoms with E-state index in [4.69, 9.17) is 4.74 Å². The first-order chi connectivity index (χ1) is 10.9. The van der Waals surface area contributed by atoms with Gasteiger partial charge in [0.1, 0.15) is 0 Å². The number of aromatic nitrogens is 3. The Morgan fingerprint density at radius 3 is 2.78 bits per heavy atom. The fraction of sp³-hybridized carbons (Fsp3) is 0.800. The molecule has 2 atom stereocenters. The summed E-state index contributed by atoms with van der Waals surface area (Å²) in [5.41, 5.74) is -0.241. The van der Waals surface area contributed by atoms with E-state index in [1.54, 1.807) is 16.6 Å². The zero-order chi connectivity index (χ0) is 17.1. The van der Waals surface area contributed by atoms with Crippen LogP contribution in [0.4, 0.5) is 0 Å². The molecule has 1 aromatic rings. The van der Waals surface area contributed by atoms with Gasteiger partial charge in [-0.15, -0.1) is 0 Å². The molecule has 1 aliphatic rings. The average molecular weight is 325 g/mol. The third-order valence-corrected chi connectivity index (χ3v) is 4.58. The second-order valence-electron chi connectivity index (χ2n) is 6.30. The second kappa shape index (κ2) is 7.27. The number of amides is 1. The Morgan fingerprint density at radius 2 is 2.22 bits per heavy atom. The van der Waals surface area contributed by atoms with Gasteiger partial charge in [0.05, 0.1) is 18.7 Å². The van der Waals surface area contributed by atoms with Crippen LogP contribution < -0.4 is 5.69 Å². The topological polar surface area (TPSA) is 83.5 Å². The van der Waals surface area contributed by atoms with Crippen molar-refractivity contribution in [3.8, 4) is 0 Å². The van der Waals surface area contributed by atoms with Crippen molar-refractivity contribution in [1.82, 2.24) is 24.6 Å². The normalized spacial score (nSPS) is 21.6. The Bertz CT molecular complexity index is 594. The average Bonchev–Trinajstić information content (AvgIpc) is 3.09. The van der Waals surface area contributed by atoms with Gasteiger partial charge in [-0.05, 0) is 27.8 Å². The van der Waals surface area contributed by atoms with Crippen LogP contribution in [0, 0.1) is 0 Å². The van der Waals surface area contributed by atoms with Gasteiger partial charge >= 0.3 is 5.69 Å². The smallest absolute Gasteiger partial charge is 0.343 e. The lowest BCUT2D eigenvalue weighted by Gasteiger charge is -2.27. The third-order valence-electron chi connectivity index (χ3n) is 4.58. The van der Waals surface area contributed by atoms with Crippen molar-refractivity contribution >= 4 is 5.91 Å². The number of hydrogen-bond acceptors (Lipinski definition) is 5. The summed E-state index contributed by atoms with van der Waals surface area (Å²) in [6.07, 6.45) is 0.614. The summed E-state index contributed by atoms with van der Waals surface area (Å²) in [7, 11) is 3.57. The Hall–Kier alpha value is -1.67. The number of methoxy groups -OCH3 is 1. The SMILES string of the molecule is CCn1c([C@@H]2C[C@H](OC)CN2C(=O)CN(C)C(C)C)n[nH]c1=O. The molecule has 1 aromatic heterocycles. The Kier molecular flexibility index (Phi) is 5.59. The predicted octanol–water partition coefficient (Wildman–Crippen LogP) is 0.220. The summed E-state index contributed by atoms with van der Waals surface area (Å²) in [4.78, 5) is 28.3. The molecule has 0 unspecified atom stereocenters. The molecule has 1 N–H and O–H groups in total. The highest BCUT2D eigenvalue weighted by molar-refractivity contribution is 5.79. The van der Waals surface area contributed by atoms with E-state index in [1.807, 2.05) is 18.9 Å². The van der Waals surface area contributed by atoms with Gasteiger partial charge in [-0.25, -0.2) is 9.89 Å². The van der Waals surface area contributed by atoms with Gasteiger partial charge in [0, 0.05) is 32.7 Å². The van der Waals surface area contributed by atoms with Crippen molar-refractivity contribution in [2.24, 2.45) is 0 Å². The van der Waals surface area contributed by atoms with Gasteiger partial charge in [-0.1, -0.05) is 0 Å². The van der Waals surface area contributed by atoms with Crippen LogP contribution in [-0.2, 0) is 16.1 Å². The molecule has 23 heavy (non-hydrogen) atoms. The molecule has 2 rings (SSSR count). The van der Waals surface area contributed by atoms with E-state index < -0.39 is 0 Å². The summed E-state index contributed by atoms with van der Waals surface area (Å²) in [6, 6.07) is 0.0596. The Labute approximate surface area is 136 Å². The lowest BCUT2D eigenvalue weighted by molar-refractivity contribution is -0.134. The minimum atomic E-state index is -0.241. The van der Waals surface area contributed by atoms with E-state index in [1.165, 1.54) is 0 Å². The molecule has 8 heteroatoms. The van der Waals surface area contributed by atoms with Crippen molar-refractivity contribution in [2.45, 2.75) is 51.9 Å². The highest BCUT2D eigenvalue weighted by atomic mass is 16.5. The highest BCUT2D eigenvalue weighted by Gasteiger charge is 2.39. The summed E-state index contributed by atoms with van der Waals surface area (Å²) in [5.74, 6) is 0.640. The van der Waals surface area contributed by atoms with E-state index in [0.29, 0.717) is 31.9 Å². The van der Waals surface area contributed by atoms with Crippen LogP contribution in [0.2, 0.25) is 0 Å². The summed E-state index contributed by atoms with van der Waals surface area (Å²) in [5, 5.41) is 6.63. The van der Waals surface area contributed by atoms with Gasteiger partial charge in [-0.2, -0.15) is 5.10 Å². The van der Waals surface area contributed by atoms with Crippen LogP contribution in [0.1, 0.15) is 39.1 Å². The first-order valence-electron chi connectivity index (χ1n) is 8.06. The van der Waals surface area contributed by atoms with Gasteiger partial charge in [0.15, 0.2) is 5.82 Å². The van der Waals surface area contributed by atoms with Crippen molar-refractivity contribution in [3.05, 3.63) is 16.3 Å². The minimum absolute atomic E-state index is 0.0313. The molecule has 1 saturated heterocycles. The number of likely N-dealkylation sites (tertiary alicyclic amines) is 1. The zero-order valence-electron chi connectivity index (χ0n) is 14.6. The van der Waals surface area contributed by atoms with Crippen LogP contribution in [-0.4, -0.2) is 69.9 Å². The number of likely N-dealkylation sites (N-methyl/N-ethyl adjacent to an activating group) is 1. The summed E-state index contributed by atoms with van der Waals surface area (Å²) < 4.78 is 7.02. The molecule has 0 aliphatic carbocycles. The van der Waals surface area contributed by atoms with Crippen LogP contribution >= 0.6 is 0 Å². The third kappa shape index (κ3) is 3.64. The molecular formula is C15H27N5O3. The van der Waals surface area contributed by atoms with Gasteiger partial charge in [-0.3, -0.25) is 14.3 Å². The van der Waals surface area contributed by atoms with Crippen molar-refractivity contribution in [1.29, 1.82) is 0 Å². The number of nitrogens with one attached hydrogen (secondary N) is 1. The van der Waals surface area contributed by atoms with Gasteiger partial charge in [0.2, 0.25) is 5.91 Å². The second-order valence-corrected chi connectivity index (χ2v) is 6.30. The molecule has 0 bridgehead atoms. The number of ether oxygens (including phenoxy) is 1. The fourth-order valence-electron chi connectivity index (χ4n) is 2.87. The van der Waals surface area contributed by atoms with E-state index in [0.717, 1.165) is 0 Å². The molecule has 2 heterocycles. The van der Waals surface area contributed by atoms with Crippen molar-refractivity contribution < 1.29 is 9.53 Å². The number of aromatic amines is 1. The molecule has 8 nitrogen and oxygen atoms in total. The quantitative estimate of drug-likeness (QED) is 0.809. The molecular weight excluding hydrogens is 298 g/mol. The molecule has 0 spiro atoms. The van der Waals surface area contributed by atoms with E-state index >= 15 is 0 Å². The number of rotatable bonds is 6. The Balaban J connectivity index is 2.25. The maximum absolute atomic E-state index is 12.7. The minimum Gasteiger partial charge on any atom is -0.380 e. The van der Waals surface area contributed by atoms with Crippen LogP contribution in [0.5, 0.6) is 0 Å². The fourth-order valence-corrected chi connectivity index (χ4v) is 2.87. The van der Waals surface area contributed by atoms with E-state index in [-0.39, 0.29) is 29.8 Å². The van der Waals surface area contributed by atoms with Gasteiger partial charge < -0.3 is 9.64 Å². The van der Waals surface area contributed by atoms with E-state index in [9.17, 15) is 9.59 Å². The summed E-state index contributed by atoms with van der Waals surface area (Å²) in [6.45, 7) is 7.38. The first-order valence-corrected chi connectivity index (χ1v) is 8.06. The molecule has 1 fully saturated rings. The monoisotopic (exact) mass is 325 g/mol. The standard InChI is InChI=1S/C15H27N5O3/c1-6-19-14(16-17-15(19)22)12-7-11(23-5)8-20(12)13(21)9-18(4)10(2)3/h10-12H,6-9H2,1-5H3,(H,17,22)/t11-,12-/m0/s1. The molecule has 1 amide bonds. The Morgan fingerprint density at radius 1 is 1.52 bits per heavy atom. The molecule has 0 radical (unpaired) electrons. The molecule has 130 valence electrons. The molecule has 1 aliphatic heterocycles. The largest absolute Gasteiger partial charge is 0.380 e. The lowest BCUT2D eigenvalue weighted by atomic mass is 10.2. The van der Waals surface area contributed by atoms with Crippen molar-refractivity contribution in [3.63, 3.8) is 0 Å². The van der Waals surface area contributed by atoms with Crippen LogP contribution in [0.15, 0.2) is 4.79 Å². The number of hydrogen-bond donors (Lipinski definition) is 1. The maximum Gasteiger partial charge on any atom is 0.343 e. The lowest BCUT2D eigenvalue weighted by Crippen LogP contribution is -2.42. The van der Waals surface area contributed by atoms with Gasteiger partial charge in [0.25, 0.3) is 0 Å². The maximum atomic E-state index is 12.7. The zero-order valence-corrected chi connectivity index (χ0v) is 14.6. The van der Waals surface area contributed by atoms with Crippen molar-refractivity contribution in [2.75, 3.05) is 27.2 Å². The van der Waals surface area contributed by atoms with Crippen LogP contribution in [0.25, 0.3) is 0 Å². The number of carbonyl (C=O) groups is 1. The molecule has 0 aromatic carbocycles. The molecule has 0 saturated carbocycles. The number of nitrogens with zero attached hydrogens (tertiary/aromatic N) is 4. The number of H-pyrrole nitrogens is 1. The van der Waals surface area contributed by atoms with E-state index in [2.05, 4.69) is 24.0 Å². The number of carbonyl (C=O) groups excluding carboxylic acids is 1.